The van der Waals surface area contributed by atoms with Crippen molar-refractivity contribution in [2.75, 3.05) is 47.9 Å². The van der Waals surface area contributed by atoms with Crippen molar-refractivity contribution in [3.8, 4) is 0 Å². The predicted molar refractivity (Wildman–Crippen MR) is 128 cm³/mol. The van der Waals surface area contributed by atoms with Crippen LogP contribution in [0.1, 0.15) is 51.9 Å². The first kappa shape index (κ1) is 39.3. The minimum Gasteiger partial charge on any atom is -0.462 e. The number of unbranched alkanes of at least 4 members (excludes halogenated alkanes) is 2. The van der Waals surface area contributed by atoms with Gasteiger partial charge in [-0.05, 0) is 53.4 Å². The van der Waals surface area contributed by atoms with E-state index in [1.807, 2.05) is 9.80 Å². The molecule has 244 valence electrons. The highest BCUT2D eigenvalue weighted by molar-refractivity contribution is 5.87. The summed E-state index contributed by atoms with van der Waals surface area (Å²) in [6.45, 7) is 4.87. The number of esters is 1. The molecule has 0 spiro atoms. The normalized spacial score (nSPS) is 14.3. The average Bonchev–Trinajstić information content (AvgIpc) is 2.80. The smallest absolute Gasteiger partial charge is 0.384 e. The summed E-state index contributed by atoms with van der Waals surface area (Å²) in [6.07, 6.45) is -6.50. The van der Waals surface area contributed by atoms with Gasteiger partial charge in [-0.3, -0.25) is 0 Å². The Labute approximate surface area is 232 Å². The van der Waals surface area contributed by atoms with E-state index in [1.165, 1.54) is 6.92 Å². The van der Waals surface area contributed by atoms with E-state index in [1.54, 1.807) is 28.2 Å². The molecule has 16 heteroatoms. The molecule has 0 unspecified atom stereocenters. The summed E-state index contributed by atoms with van der Waals surface area (Å²) in [4.78, 5) is 15.7. The van der Waals surface area contributed by atoms with Crippen molar-refractivity contribution in [1.82, 2.24) is 9.80 Å². The zero-order chi connectivity index (χ0) is 32.7. The Hall–Kier alpha value is -1.71. The Kier molecular flexibility index (Phi) is 14.0. The molecular weight excluding hydrogens is 588 g/mol. The summed E-state index contributed by atoms with van der Waals surface area (Å²) in [5.41, 5.74) is -0.121. The fraction of sp³-hybridized carbons (Fsp3) is 0.880. The van der Waals surface area contributed by atoms with E-state index in [9.17, 15) is 57.5 Å². The molecular formula is C25H38F12N2O2. The van der Waals surface area contributed by atoms with E-state index in [-0.39, 0.29) is 30.8 Å². The fourth-order valence-electron chi connectivity index (χ4n) is 3.98. The van der Waals surface area contributed by atoms with Crippen molar-refractivity contribution in [2.24, 2.45) is 5.92 Å². The Morgan fingerprint density at radius 2 is 1.07 bits per heavy atom. The van der Waals surface area contributed by atoms with Gasteiger partial charge in [0.25, 0.3) is 0 Å². The van der Waals surface area contributed by atoms with Crippen molar-refractivity contribution in [2.45, 2.75) is 87.4 Å². The van der Waals surface area contributed by atoms with Gasteiger partial charge in [0.2, 0.25) is 0 Å². The van der Waals surface area contributed by atoms with Crippen LogP contribution in [0.25, 0.3) is 0 Å². The second-order valence-corrected chi connectivity index (χ2v) is 10.6. The number of hydrogen-bond acceptors (Lipinski definition) is 4. The molecule has 0 saturated carbocycles. The van der Waals surface area contributed by atoms with Gasteiger partial charge >= 0.3 is 41.5 Å². The van der Waals surface area contributed by atoms with Crippen molar-refractivity contribution in [3.63, 3.8) is 0 Å². The zero-order valence-electron chi connectivity index (χ0n) is 23.6. The van der Waals surface area contributed by atoms with Crippen LogP contribution in [0.2, 0.25) is 0 Å². The van der Waals surface area contributed by atoms with E-state index in [2.05, 4.69) is 11.3 Å². The van der Waals surface area contributed by atoms with Gasteiger partial charge in [0.1, 0.15) is 0 Å². The third-order valence-corrected chi connectivity index (χ3v) is 6.13. The van der Waals surface area contributed by atoms with Crippen molar-refractivity contribution < 1.29 is 62.2 Å². The number of carbonyl (C=O) groups is 1. The Bertz CT molecular complexity index is 838. The van der Waals surface area contributed by atoms with Gasteiger partial charge in [-0.2, -0.15) is 52.7 Å². The van der Waals surface area contributed by atoms with Gasteiger partial charge in [0.15, 0.2) is 0 Å². The highest BCUT2D eigenvalue weighted by atomic mass is 19.4. The van der Waals surface area contributed by atoms with Crippen LogP contribution in [0.15, 0.2) is 12.2 Å². The quantitative estimate of drug-likeness (QED) is 0.0611. The molecule has 0 rings (SSSR count). The highest BCUT2D eigenvalue weighted by Crippen LogP contribution is 2.61. The number of rotatable bonds is 20. The van der Waals surface area contributed by atoms with Crippen molar-refractivity contribution >= 4 is 5.97 Å². The standard InChI is InChI=1S/C25H38F12N2O2/c1-7-8-9-11-20(26,27)22(30,31)24(34,35)25(36,37)23(32,33)21(28,29)12-10-13-41-19(40)17(2)14-18(15-38(3)4)16-39(5)6/h18H,2,7-16H2,1,3-6H3. The third kappa shape index (κ3) is 9.39. The summed E-state index contributed by atoms with van der Waals surface area (Å²) < 4.78 is 172. The van der Waals surface area contributed by atoms with E-state index < -0.39 is 73.8 Å². The summed E-state index contributed by atoms with van der Waals surface area (Å²) in [7, 11) is 7.05. The van der Waals surface area contributed by atoms with Gasteiger partial charge in [-0.1, -0.05) is 26.3 Å². The Balaban J connectivity index is 5.47. The van der Waals surface area contributed by atoms with Crippen molar-refractivity contribution in [1.29, 1.82) is 0 Å². The molecule has 0 bridgehead atoms. The molecule has 0 aliphatic rings. The maximum Gasteiger partial charge on any atom is 0.384 e. The van der Waals surface area contributed by atoms with Crippen LogP contribution < -0.4 is 0 Å². The van der Waals surface area contributed by atoms with Gasteiger partial charge in [0.05, 0.1) is 6.61 Å². The molecule has 0 fully saturated rings. The summed E-state index contributed by atoms with van der Waals surface area (Å²) in [5.74, 6) is -42.7. The lowest BCUT2D eigenvalue weighted by Crippen LogP contribution is -2.70. The highest BCUT2D eigenvalue weighted by Gasteiger charge is 2.89. The molecule has 41 heavy (non-hydrogen) atoms. The van der Waals surface area contributed by atoms with Gasteiger partial charge in [0, 0.05) is 31.5 Å². The fourth-order valence-corrected chi connectivity index (χ4v) is 3.98. The van der Waals surface area contributed by atoms with Gasteiger partial charge < -0.3 is 14.5 Å². The number of nitrogens with zero attached hydrogens (tertiary/aromatic N) is 2. The van der Waals surface area contributed by atoms with E-state index >= 15 is 0 Å². The van der Waals surface area contributed by atoms with E-state index in [0.717, 1.165) is 0 Å². The molecule has 0 aromatic rings. The van der Waals surface area contributed by atoms with Crippen LogP contribution in [0.4, 0.5) is 52.7 Å². The lowest BCUT2D eigenvalue weighted by atomic mass is 9.88. The van der Waals surface area contributed by atoms with Crippen molar-refractivity contribution in [3.05, 3.63) is 12.2 Å². The largest absolute Gasteiger partial charge is 0.462 e. The molecule has 0 radical (unpaired) electrons. The minimum absolute atomic E-state index is 0.0853. The number of halogens is 12. The first-order valence-corrected chi connectivity index (χ1v) is 12.7. The molecule has 4 nitrogen and oxygen atoms in total. The monoisotopic (exact) mass is 626 g/mol. The van der Waals surface area contributed by atoms with Crippen LogP contribution in [-0.2, 0) is 9.53 Å². The molecule has 0 aliphatic carbocycles. The predicted octanol–water partition coefficient (Wildman–Crippen LogP) is 7.39. The van der Waals surface area contributed by atoms with Crippen LogP contribution in [-0.4, -0.2) is 99.2 Å². The lowest BCUT2D eigenvalue weighted by molar-refractivity contribution is -0.425. The second kappa shape index (κ2) is 14.6. The molecule has 0 saturated heterocycles. The van der Waals surface area contributed by atoms with E-state index in [0.29, 0.717) is 13.1 Å². The first-order chi connectivity index (χ1) is 18.3. The molecule has 0 amide bonds. The SMILES string of the molecule is C=C(CC(CN(C)C)CN(C)C)C(=O)OCCCC(F)(F)C(F)(F)C(F)(F)C(F)(F)C(F)(F)C(F)(F)CCCCC. The molecule has 0 aromatic carbocycles. The molecule has 0 heterocycles. The summed E-state index contributed by atoms with van der Waals surface area (Å²) >= 11 is 0. The maximum absolute atomic E-state index is 14.1. The number of hydrogen-bond donors (Lipinski definition) is 0. The maximum atomic E-state index is 14.1. The van der Waals surface area contributed by atoms with Crippen LogP contribution >= 0.6 is 0 Å². The molecule has 0 N–H and O–H groups in total. The second-order valence-electron chi connectivity index (χ2n) is 10.6. The number of carbonyl (C=O) groups excluding carboxylic acids is 1. The third-order valence-electron chi connectivity index (χ3n) is 6.13. The Morgan fingerprint density at radius 3 is 1.44 bits per heavy atom. The summed E-state index contributed by atoms with van der Waals surface area (Å²) in [5, 5.41) is 0. The van der Waals surface area contributed by atoms with Crippen LogP contribution in [0, 0.1) is 5.92 Å². The topological polar surface area (TPSA) is 32.8 Å². The average molecular weight is 627 g/mol. The zero-order valence-corrected chi connectivity index (χ0v) is 23.6. The number of alkyl halides is 12. The van der Waals surface area contributed by atoms with Crippen LogP contribution in [0.3, 0.4) is 0 Å². The van der Waals surface area contributed by atoms with Gasteiger partial charge in [-0.25, -0.2) is 4.79 Å². The molecule has 0 aromatic heterocycles. The first-order valence-electron chi connectivity index (χ1n) is 12.7. The van der Waals surface area contributed by atoms with Crippen LogP contribution in [0.5, 0.6) is 0 Å². The molecule has 0 atom stereocenters. The van der Waals surface area contributed by atoms with Gasteiger partial charge in [-0.15, -0.1) is 0 Å². The molecule has 0 aliphatic heterocycles. The minimum atomic E-state index is -7.60. The number of ether oxygens (including phenoxy) is 1. The Morgan fingerprint density at radius 1 is 0.683 bits per heavy atom. The summed E-state index contributed by atoms with van der Waals surface area (Å²) in [6, 6.07) is 0. The van der Waals surface area contributed by atoms with E-state index in [4.69, 9.17) is 0 Å². The lowest BCUT2D eigenvalue weighted by Gasteiger charge is -2.41.